The van der Waals surface area contributed by atoms with Gasteiger partial charge in [-0.05, 0) is 49.7 Å². The molecule has 0 saturated heterocycles. The predicted octanol–water partition coefficient (Wildman–Crippen LogP) is 3.93. The topological polar surface area (TPSA) is 60.4 Å². The second-order valence-electron chi connectivity index (χ2n) is 6.12. The van der Waals surface area contributed by atoms with Crippen molar-refractivity contribution in [1.82, 2.24) is 0 Å². The Labute approximate surface area is 149 Å². The highest BCUT2D eigenvalue weighted by Crippen LogP contribution is 2.44. The number of halogens is 1. The number of sulfone groups is 1. The maximum absolute atomic E-state index is 13.5. The van der Waals surface area contributed by atoms with E-state index in [-0.39, 0.29) is 15.8 Å². The molecule has 0 N–H and O–H groups in total. The Morgan fingerprint density at radius 2 is 1.80 bits per heavy atom. The van der Waals surface area contributed by atoms with Gasteiger partial charge in [0, 0.05) is 16.7 Å². The molecule has 0 fully saturated rings. The average Bonchev–Trinajstić information content (AvgIpc) is 3.09. The molecule has 0 saturated carbocycles. The van der Waals surface area contributed by atoms with E-state index in [1.165, 1.54) is 18.2 Å². The molecule has 2 heterocycles. The molecule has 0 aliphatic carbocycles. The Morgan fingerprint density at radius 1 is 1.16 bits per heavy atom. The molecule has 0 amide bonds. The Bertz CT molecular complexity index is 971. The number of Topliss-reactive ketones (excluding diaryl/α,β-unsaturated/α-hetero) is 1. The standard InChI is InChI=1S/C18H17FO4S2/c1-4-18(2)17(20)15(13-9-10-14(19)24-13)16(23-18)11-5-7-12(8-6-11)25(3,21)22/h5-10H,4H2,1-3H3. The van der Waals surface area contributed by atoms with Crippen LogP contribution >= 0.6 is 11.3 Å². The minimum Gasteiger partial charge on any atom is -0.478 e. The molecule has 3 rings (SSSR count). The summed E-state index contributed by atoms with van der Waals surface area (Å²) in [5.41, 5.74) is -0.0900. The maximum atomic E-state index is 13.5. The fourth-order valence-corrected chi connectivity index (χ4v) is 4.05. The van der Waals surface area contributed by atoms with Gasteiger partial charge >= 0.3 is 0 Å². The average molecular weight is 380 g/mol. The van der Waals surface area contributed by atoms with Gasteiger partial charge in [-0.15, -0.1) is 11.3 Å². The van der Waals surface area contributed by atoms with Crippen LogP contribution in [0.2, 0.25) is 0 Å². The van der Waals surface area contributed by atoms with Crippen molar-refractivity contribution in [3.8, 4) is 0 Å². The highest BCUT2D eigenvalue weighted by molar-refractivity contribution is 7.90. The van der Waals surface area contributed by atoms with Crippen molar-refractivity contribution >= 4 is 38.3 Å². The van der Waals surface area contributed by atoms with Gasteiger partial charge in [0.15, 0.2) is 20.6 Å². The van der Waals surface area contributed by atoms with Crippen LogP contribution in [-0.2, 0) is 19.4 Å². The number of carbonyl (C=O) groups excluding carboxylic acids is 1. The van der Waals surface area contributed by atoms with Crippen LogP contribution in [0.5, 0.6) is 0 Å². The molecule has 25 heavy (non-hydrogen) atoms. The molecule has 0 spiro atoms. The number of ether oxygens (including phenoxy) is 1. The van der Waals surface area contributed by atoms with Crippen molar-refractivity contribution in [2.24, 2.45) is 0 Å². The van der Waals surface area contributed by atoms with Crippen molar-refractivity contribution in [3.05, 3.63) is 52.0 Å². The summed E-state index contributed by atoms with van der Waals surface area (Å²) in [5, 5.41) is -0.382. The lowest BCUT2D eigenvalue weighted by Gasteiger charge is -2.21. The number of ketones is 1. The fraction of sp³-hybridized carbons (Fsp3) is 0.278. The molecule has 0 bridgehead atoms. The zero-order valence-corrected chi connectivity index (χ0v) is 15.6. The maximum Gasteiger partial charge on any atom is 0.211 e. The summed E-state index contributed by atoms with van der Waals surface area (Å²) in [6.45, 7) is 3.55. The molecule has 1 aromatic carbocycles. The SMILES string of the molecule is CCC1(C)OC(c2ccc(S(C)(=O)=O)cc2)=C(c2ccc(F)s2)C1=O. The fourth-order valence-electron chi connectivity index (χ4n) is 2.65. The van der Waals surface area contributed by atoms with Gasteiger partial charge in [0.1, 0.15) is 5.76 Å². The Morgan fingerprint density at radius 3 is 2.28 bits per heavy atom. The van der Waals surface area contributed by atoms with Crippen molar-refractivity contribution in [1.29, 1.82) is 0 Å². The van der Waals surface area contributed by atoms with Crippen molar-refractivity contribution < 1.29 is 22.3 Å². The molecule has 0 radical (unpaired) electrons. The van der Waals surface area contributed by atoms with Crippen LogP contribution in [0.25, 0.3) is 11.3 Å². The van der Waals surface area contributed by atoms with E-state index in [2.05, 4.69) is 0 Å². The molecule has 1 unspecified atom stereocenters. The molecule has 1 aliphatic rings. The van der Waals surface area contributed by atoms with Crippen molar-refractivity contribution in [3.63, 3.8) is 0 Å². The summed E-state index contributed by atoms with van der Waals surface area (Å²) in [7, 11) is -3.32. The number of hydrogen-bond donors (Lipinski definition) is 0. The second kappa shape index (κ2) is 6.07. The first-order chi connectivity index (χ1) is 11.7. The summed E-state index contributed by atoms with van der Waals surface area (Å²) >= 11 is 0.885. The molecular formula is C18H17FO4S2. The van der Waals surface area contributed by atoms with E-state index in [0.717, 1.165) is 17.6 Å². The van der Waals surface area contributed by atoms with Crippen LogP contribution in [0.4, 0.5) is 4.39 Å². The largest absolute Gasteiger partial charge is 0.478 e. The van der Waals surface area contributed by atoms with Gasteiger partial charge in [0.25, 0.3) is 0 Å². The minimum atomic E-state index is -3.32. The molecule has 1 atom stereocenters. The third-order valence-corrected chi connectivity index (χ3v) is 6.32. The quantitative estimate of drug-likeness (QED) is 0.806. The third kappa shape index (κ3) is 3.14. The van der Waals surface area contributed by atoms with E-state index in [9.17, 15) is 17.6 Å². The van der Waals surface area contributed by atoms with Crippen LogP contribution in [-0.4, -0.2) is 26.1 Å². The molecule has 2 aromatic rings. The summed E-state index contributed by atoms with van der Waals surface area (Å²) in [5.74, 6) is 0.162. The number of benzene rings is 1. The molecule has 4 nitrogen and oxygen atoms in total. The predicted molar refractivity (Wildman–Crippen MR) is 95.4 cm³/mol. The summed E-state index contributed by atoms with van der Waals surface area (Å²) in [6, 6.07) is 9.02. The van der Waals surface area contributed by atoms with E-state index >= 15 is 0 Å². The highest BCUT2D eigenvalue weighted by atomic mass is 32.2. The normalized spacial score (nSPS) is 20.9. The van der Waals surface area contributed by atoms with Gasteiger partial charge < -0.3 is 4.74 Å². The Kier molecular flexibility index (Phi) is 4.33. The summed E-state index contributed by atoms with van der Waals surface area (Å²) in [4.78, 5) is 13.6. The number of thiophene rings is 1. The van der Waals surface area contributed by atoms with Gasteiger partial charge in [-0.25, -0.2) is 8.42 Å². The first-order valence-corrected chi connectivity index (χ1v) is 10.4. The zero-order valence-electron chi connectivity index (χ0n) is 14.0. The zero-order chi connectivity index (χ0) is 18.4. The van der Waals surface area contributed by atoms with Crippen LogP contribution in [0.3, 0.4) is 0 Å². The van der Waals surface area contributed by atoms with E-state index in [4.69, 9.17) is 4.74 Å². The van der Waals surface area contributed by atoms with Gasteiger partial charge in [-0.2, -0.15) is 4.39 Å². The molecule has 7 heteroatoms. The van der Waals surface area contributed by atoms with E-state index in [1.807, 2.05) is 6.92 Å². The summed E-state index contributed by atoms with van der Waals surface area (Å²) in [6.07, 6.45) is 1.60. The van der Waals surface area contributed by atoms with E-state index in [0.29, 0.717) is 28.2 Å². The lowest BCUT2D eigenvalue weighted by atomic mass is 9.93. The molecular weight excluding hydrogens is 363 g/mol. The molecule has 1 aromatic heterocycles. The Hall–Kier alpha value is -1.99. The Balaban J connectivity index is 2.15. The first-order valence-electron chi connectivity index (χ1n) is 7.70. The van der Waals surface area contributed by atoms with Crippen LogP contribution < -0.4 is 0 Å². The lowest BCUT2D eigenvalue weighted by Crippen LogP contribution is -2.32. The van der Waals surface area contributed by atoms with Crippen molar-refractivity contribution in [2.75, 3.05) is 6.26 Å². The number of rotatable bonds is 4. The number of carbonyl (C=O) groups is 1. The van der Waals surface area contributed by atoms with Crippen LogP contribution in [0.15, 0.2) is 41.3 Å². The van der Waals surface area contributed by atoms with Crippen LogP contribution in [0.1, 0.15) is 30.7 Å². The molecule has 1 aliphatic heterocycles. The smallest absolute Gasteiger partial charge is 0.211 e. The van der Waals surface area contributed by atoms with E-state index in [1.54, 1.807) is 25.1 Å². The van der Waals surface area contributed by atoms with Gasteiger partial charge in [0.2, 0.25) is 5.78 Å². The van der Waals surface area contributed by atoms with E-state index < -0.39 is 15.4 Å². The monoisotopic (exact) mass is 380 g/mol. The number of hydrogen-bond acceptors (Lipinski definition) is 5. The van der Waals surface area contributed by atoms with Crippen molar-refractivity contribution in [2.45, 2.75) is 30.8 Å². The van der Waals surface area contributed by atoms with Gasteiger partial charge in [-0.3, -0.25) is 4.79 Å². The van der Waals surface area contributed by atoms with Crippen LogP contribution in [0, 0.1) is 5.13 Å². The summed E-state index contributed by atoms with van der Waals surface area (Å²) < 4.78 is 42.7. The van der Waals surface area contributed by atoms with Gasteiger partial charge in [-0.1, -0.05) is 6.92 Å². The second-order valence-corrected chi connectivity index (χ2v) is 9.17. The molecule has 132 valence electrons. The lowest BCUT2D eigenvalue weighted by molar-refractivity contribution is -0.126. The van der Waals surface area contributed by atoms with Gasteiger partial charge in [0.05, 0.1) is 10.5 Å². The third-order valence-electron chi connectivity index (χ3n) is 4.30. The highest BCUT2D eigenvalue weighted by Gasteiger charge is 2.45. The first kappa shape index (κ1) is 17.8. The minimum absolute atomic E-state index is 0.183.